The summed E-state index contributed by atoms with van der Waals surface area (Å²) < 4.78 is 5.14. The van der Waals surface area contributed by atoms with Crippen LogP contribution in [-0.2, 0) is 4.74 Å². The van der Waals surface area contributed by atoms with Gasteiger partial charge in [0, 0.05) is 25.7 Å². The number of benzene rings is 1. The van der Waals surface area contributed by atoms with Crippen molar-refractivity contribution < 1.29 is 9.84 Å². The van der Waals surface area contributed by atoms with Gasteiger partial charge in [0.1, 0.15) is 5.75 Å². The zero-order valence-corrected chi connectivity index (χ0v) is 11.2. The molecule has 0 aliphatic carbocycles. The average Bonchev–Trinajstić information content (AvgIpc) is 2.29. The van der Waals surface area contributed by atoms with Crippen LogP contribution in [-0.4, -0.2) is 36.3 Å². The van der Waals surface area contributed by atoms with Crippen LogP contribution in [0.1, 0.15) is 32.4 Å². The van der Waals surface area contributed by atoms with Crippen LogP contribution >= 0.6 is 0 Å². The van der Waals surface area contributed by atoms with Gasteiger partial charge in [0.15, 0.2) is 0 Å². The normalized spacial score (nSPS) is 13.3. The summed E-state index contributed by atoms with van der Waals surface area (Å²) in [6, 6.07) is 8.18. The monoisotopic (exact) mass is 237 g/mol. The van der Waals surface area contributed by atoms with E-state index in [0.29, 0.717) is 11.8 Å². The van der Waals surface area contributed by atoms with E-state index in [-0.39, 0.29) is 6.04 Å². The number of phenolic OH excluding ortho intramolecular Hbond substituents is 1. The summed E-state index contributed by atoms with van der Waals surface area (Å²) in [6.07, 6.45) is 0. The molecule has 3 heteroatoms. The first kappa shape index (κ1) is 14.0. The van der Waals surface area contributed by atoms with Crippen LogP contribution in [0.3, 0.4) is 0 Å². The van der Waals surface area contributed by atoms with Gasteiger partial charge in [-0.3, -0.25) is 4.90 Å². The molecule has 1 aromatic carbocycles. The third-order valence-corrected chi connectivity index (χ3v) is 3.07. The SMILES string of the molecule is COCCN(C(C)C)C(C)c1cccc(O)c1. The molecule has 1 N–H and O–H groups in total. The van der Waals surface area contributed by atoms with Crippen LogP contribution < -0.4 is 0 Å². The van der Waals surface area contributed by atoms with E-state index >= 15 is 0 Å². The number of rotatable bonds is 6. The van der Waals surface area contributed by atoms with Gasteiger partial charge in [-0.25, -0.2) is 0 Å². The van der Waals surface area contributed by atoms with Gasteiger partial charge in [-0.05, 0) is 38.5 Å². The van der Waals surface area contributed by atoms with Gasteiger partial charge in [0.25, 0.3) is 0 Å². The van der Waals surface area contributed by atoms with Crippen molar-refractivity contribution in [2.45, 2.75) is 32.9 Å². The topological polar surface area (TPSA) is 32.7 Å². The van der Waals surface area contributed by atoms with E-state index in [1.165, 1.54) is 0 Å². The van der Waals surface area contributed by atoms with Crippen molar-refractivity contribution in [1.82, 2.24) is 4.90 Å². The lowest BCUT2D eigenvalue weighted by molar-refractivity contribution is 0.102. The van der Waals surface area contributed by atoms with Gasteiger partial charge < -0.3 is 9.84 Å². The molecule has 0 saturated carbocycles. The summed E-state index contributed by atoms with van der Waals surface area (Å²) in [5.41, 5.74) is 1.13. The minimum absolute atomic E-state index is 0.275. The smallest absolute Gasteiger partial charge is 0.115 e. The summed E-state index contributed by atoms with van der Waals surface area (Å²) in [7, 11) is 1.72. The number of phenols is 1. The van der Waals surface area contributed by atoms with E-state index in [1.54, 1.807) is 13.2 Å². The second-order valence-electron chi connectivity index (χ2n) is 4.60. The van der Waals surface area contributed by atoms with Crippen molar-refractivity contribution >= 4 is 0 Å². The quantitative estimate of drug-likeness (QED) is 0.825. The highest BCUT2D eigenvalue weighted by molar-refractivity contribution is 5.29. The van der Waals surface area contributed by atoms with E-state index in [1.807, 2.05) is 18.2 Å². The van der Waals surface area contributed by atoms with Crippen molar-refractivity contribution in [1.29, 1.82) is 0 Å². The highest BCUT2D eigenvalue weighted by Crippen LogP contribution is 2.24. The molecule has 1 unspecified atom stereocenters. The van der Waals surface area contributed by atoms with Crippen molar-refractivity contribution in [2.24, 2.45) is 0 Å². The van der Waals surface area contributed by atoms with Gasteiger partial charge in [0.05, 0.1) is 6.61 Å². The van der Waals surface area contributed by atoms with Crippen molar-refractivity contribution in [3.63, 3.8) is 0 Å². The Labute approximate surface area is 104 Å². The Bertz CT molecular complexity index is 339. The van der Waals surface area contributed by atoms with Crippen LogP contribution in [0.25, 0.3) is 0 Å². The van der Waals surface area contributed by atoms with Gasteiger partial charge >= 0.3 is 0 Å². The highest BCUT2D eigenvalue weighted by Gasteiger charge is 2.18. The first-order valence-corrected chi connectivity index (χ1v) is 6.10. The maximum absolute atomic E-state index is 9.52. The molecular weight excluding hydrogens is 214 g/mol. The van der Waals surface area contributed by atoms with Gasteiger partial charge in [-0.1, -0.05) is 12.1 Å². The lowest BCUT2D eigenvalue weighted by atomic mass is 10.1. The molecule has 17 heavy (non-hydrogen) atoms. The lowest BCUT2D eigenvalue weighted by Gasteiger charge is -2.32. The number of nitrogens with zero attached hydrogens (tertiary/aromatic N) is 1. The van der Waals surface area contributed by atoms with Crippen molar-refractivity contribution in [3.05, 3.63) is 29.8 Å². The van der Waals surface area contributed by atoms with Gasteiger partial charge in [-0.2, -0.15) is 0 Å². The van der Waals surface area contributed by atoms with E-state index in [2.05, 4.69) is 25.7 Å². The third kappa shape index (κ3) is 4.02. The van der Waals surface area contributed by atoms with Gasteiger partial charge in [-0.15, -0.1) is 0 Å². The summed E-state index contributed by atoms with van der Waals surface area (Å²) in [5.74, 6) is 0.324. The maximum atomic E-state index is 9.52. The molecule has 1 aromatic rings. The van der Waals surface area contributed by atoms with Crippen LogP contribution in [0.2, 0.25) is 0 Å². The number of ether oxygens (including phenoxy) is 1. The predicted octanol–water partition coefficient (Wildman–Crippen LogP) is 2.81. The Morgan fingerprint density at radius 2 is 2.00 bits per heavy atom. The Balaban J connectivity index is 2.79. The summed E-state index contributed by atoms with van der Waals surface area (Å²) in [4.78, 5) is 2.36. The summed E-state index contributed by atoms with van der Waals surface area (Å²) in [6.45, 7) is 8.13. The molecule has 0 aliphatic rings. The first-order valence-electron chi connectivity index (χ1n) is 6.10. The molecule has 3 nitrogen and oxygen atoms in total. The third-order valence-electron chi connectivity index (χ3n) is 3.07. The highest BCUT2D eigenvalue weighted by atomic mass is 16.5. The molecule has 0 bridgehead atoms. The first-order chi connectivity index (χ1) is 8.06. The van der Waals surface area contributed by atoms with Crippen LogP contribution in [0.4, 0.5) is 0 Å². The zero-order valence-electron chi connectivity index (χ0n) is 11.2. The Hall–Kier alpha value is -1.06. The molecule has 1 rings (SSSR count). The second kappa shape index (κ2) is 6.62. The molecule has 1 atom stereocenters. The minimum atomic E-state index is 0.275. The second-order valence-corrected chi connectivity index (χ2v) is 4.60. The molecule has 0 radical (unpaired) electrons. The Morgan fingerprint density at radius 3 is 2.53 bits per heavy atom. The van der Waals surface area contributed by atoms with Crippen LogP contribution in [0.5, 0.6) is 5.75 Å². The minimum Gasteiger partial charge on any atom is -0.508 e. The van der Waals surface area contributed by atoms with E-state index in [0.717, 1.165) is 18.7 Å². The van der Waals surface area contributed by atoms with Gasteiger partial charge in [0.2, 0.25) is 0 Å². The molecule has 0 spiro atoms. The fourth-order valence-electron chi connectivity index (χ4n) is 2.07. The number of hydrogen-bond acceptors (Lipinski definition) is 3. The maximum Gasteiger partial charge on any atom is 0.115 e. The molecule has 0 saturated heterocycles. The van der Waals surface area contributed by atoms with Crippen LogP contribution in [0, 0.1) is 0 Å². The zero-order chi connectivity index (χ0) is 12.8. The standard InChI is InChI=1S/C14H23NO2/c1-11(2)15(8-9-17-4)12(3)13-6-5-7-14(16)10-13/h5-7,10-12,16H,8-9H2,1-4H3. The van der Waals surface area contributed by atoms with Crippen molar-refractivity contribution in [2.75, 3.05) is 20.3 Å². The largest absolute Gasteiger partial charge is 0.508 e. The average molecular weight is 237 g/mol. The Kier molecular flexibility index (Phi) is 5.45. The summed E-state index contributed by atoms with van der Waals surface area (Å²) >= 11 is 0. The Morgan fingerprint density at radius 1 is 1.29 bits per heavy atom. The molecule has 0 aliphatic heterocycles. The molecule has 0 fully saturated rings. The molecule has 0 heterocycles. The molecule has 96 valence electrons. The number of hydrogen-bond donors (Lipinski definition) is 1. The van der Waals surface area contributed by atoms with Crippen LogP contribution in [0.15, 0.2) is 24.3 Å². The predicted molar refractivity (Wildman–Crippen MR) is 70.2 cm³/mol. The van der Waals surface area contributed by atoms with E-state index in [4.69, 9.17) is 4.74 Å². The number of aromatic hydroxyl groups is 1. The summed E-state index contributed by atoms with van der Waals surface area (Å²) in [5, 5.41) is 9.52. The fraction of sp³-hybridized carbons (Fsp3) is 0.571. The lowest BCUT2D eigenvalue weighted by Crippen LogP contribution is -2.36. The number of methoxy groups -OCH3 is 1. The molecule has 0 amide bonds. The fourth-order valence-corrected chi connectivity index (χ4v) is 2.07. The molecule has 0 aromatic heterocycles. The van der Waals surface area contributed by atoms with Crippen molar-refractivity contribution in [3.8, 4) is 5.75 Å². The van der Waals surface area contributed by atoms with E-state index < -0.39 is 0 Å². The van der Waals surface area contributed by atoms with E-state index in [9.17, 15) is 5.11 Å². The molecular formula is C14H23NO2.